The average molecular weight is 280 g/mol. The minimum atomic E-state index is 0.102. The minimum Gasteiger partial charge on any atom is -0.340 e. The molecule has 0 aliphatic carbocycles. The summed E-state index contributed by atoms with van der Waals surface area (Å²) in [6.45, 7) is 0.664. The number of thiophene rings is 1. The molecule has 0 N–H and O–H groups in total. The average Bonchev–Trinajstić information content (AvgIpc) is 2.81. The normalized spacial score (nSPS) is 10.3. The molecule has 94 valence electrons. The van der Waals surface area contributed by atoms with Gasteiger partial charge < -0.3 is 4.90 Å². The molecule has 0 unspecified atom stereocenters. The Balaban J connectivity index is 1.95. The molecule has 0 saturated heterocycles. The van der Waals surface area contributed by atoms with E-state index in [2.05, 4.69) is 0 Å². The molecule has 0 radical (unpaired) electrons. The van der Waals surface area contributed by atoms with Crippen molar-refractivity contribution >= 4 is 28.8 Å². The van der Waals surface area contributed by atoms with Crippen molar-refractivity contribution in [1.29, 1.82) is 0 Å². The number of rotatable bonds is 4. The van der Waals surface area contributed by atoms with E-state index < -0.39 is 0 Å². The van der Waals surface area contributed by atoms with E-state index in [1.165, 1.54) is 4.88 Å². The van der Waals surface area contributed by atoms with Crippen LogP contribution in [0.3, 0.4) is 0 Å². The van der Waals surface area contributed by atoms with Crippen molar-refractivity contribution in [3.8, 4) is 0 Å². The molecule has 1 aromatic carbocycles. The molecule has 0 bridgehead atoms. The molecule has 0 aliphatic rings. The lowest BCUT2D eigenvalue weighted by Gasteiger charge is -2.16. The third-order valence-corrected chi connectivity index (χ3v) is 3.74. The third kappa shape index (κ3) is 3.59. The van der Waals surface area contributed by atoms with E-state index in [9.17, 15) is 4.79 Å². The lowest BCUT2D eigenvalue weighted by molar-refractivity contribution is -0.129. The van der Waals surface area contributed by atoms with Gasteiger partial charge in [0.05, 0.1) is 13.0 Å². The maximum absolute atomic E-state index is 12.0. The zero-order valence-electron chi connectivity index (χ0n) is 10.1. The van der Waals surface area contributed by atoms with Gasteiger partial charge in [0.2, 0.25) is 5.91 Å². The molecule has 0 saturated carbocycles. The molecule has 0 atom stereocenters. The summed E-state index contributed by atoms with van der Waals surface area (Å²) in [7, 11) is 1.83. The second-order valence-electron chi connectivity index (χ2n) is 4.14. The first-order chi connectivity index (χ1) is 8.65. The van der Waals surface area contributed by atoms with Gasteiger partial charge in [0, 0.05) is 16.9 Å². The van der Waals surface area contributed by atoms with E-state index in [4.69, 9.17) is 11.6 Å². The Morgan fingerprint density at radius 1 is 1.33 bits per heavy atom. The molecule has 1 heterocycles. The van der Waals surface area contributed by atoms with Crippen molar-refractivity contribution in [3.05, 3.63) is 57.2 Å². The molecule has 0 fully saturated rings. The van der Waals surface area contributed by atoms with Crippen molar-refractivity contribution in [2.45, 2.75) is 13.0 Å². The Bertz CT molecular complexity index is 524. The van der Waals surface area contributed by atoms with Crippen LogP contribution in [0.1, 0.15) is 10.4 Å². The highest BCUT2D eigenvalue weighted by molar-refractivity contribution is 7.09. The first kappa shape index (κ1) is 13.1. The van der Waals surface area contributed by atoms with Gasteiger partial charge in [-0.3, -0.25) is 4.79 Å². The number of amides is 1. The highest BCUT2D eigenvalue weighted by Gasteiger charge is 2.10. The van der Waals surface area contributed by atoms with Gasteiger partial charge >= 0.3 is 0 Å². The zero-order valence-corrected chi connectivity index (χ0v) is 11.7. The fourth-order valence-corrected chi connectivity index (χ4v) is 2.65. The first-order valence-electron chi connectivity index (χ1n) is 5.66. The second-order valence-corrected chi connectivity index (χ2v) is 5.60. The summed E-state index contributed by atoms with van der Waals surface area (Å²) < 4.78 is 0. The zero-order chi connectivity index (χ0) is 13.0. The molecule has 18 heavy (non-hydrogen) atoms. The molecular formula is C14H14ClNOS. The summed E-state index contributed by atoms with van der Waals surface area (Å²) in [6, 6.07) is 11.5. The Morgan fingerprint density at radius 2 is 2.17 bits per heavy atom. The summed E-state index contributed by atoms with van der Waals surface area (Å²) in [5, 5.41) is 2.69. The predicted molar refractivity (Wildman–Crippen MR) is 75.9 cm³/mol. The molecule has 2 aromatic rings. The highest BCUT2D eigenvalue weighted by Crippen LogP contribution is 2.14. The number of carbonyl (C=O) groups is 1. The monoisotopic (exact) mass is 279 g/mol. The van der Waals surface area contributed by atoms with Gasteiger partial charge in [-0.2, -0.15) is 0 Å². The van der Waals surface area contributed by atoms with Crippen LogP contribution in [0.2, 0.25) is 5.02 Å². The number of nitrogens with zero attached hydrogens (tertiary/aromatic N) is 1. The maximum Gasteiger partial charge on any atom is 0.227 e. The van der Waals surface area contributed by atoms with Gasteiger partial charge in [-0.1, -0.05) is 29.8 Å². The van der Waals surface area contributed by atoms with E-state index in [0.29, 0.717) is 18.0 Å². The summed E-state index contributed by atoms with van der Waals surface area (Å²) in [6.07, 6.45) is 0.391. The van der Waals surface area contributed by atoms with E-state index in [1.807, 2.05) is 48.8 Å². The molecule has 2 nitrogen and oxygen atoms in total. The molecule has 1 aromatic heterocycles. The smallest absolute Gasteiger partial charge is 0.227 e. The number of hydrogen-bond acceptors (Lipinski definition) is 2. The van der Waals surface area contributed by atoms with Gasteiger partial charge in [0.1, 0.15) is 0 Å². The van der Waals surface area contributed by atoms with Crippen molar-refractivity contribution < 1.29 is 4.79 Å². The van der Waals surface area contributed by atoms with Crippen molar-refractivity contribution in [2.24, 2.45) is 0 Å². The van der Waals surface area contributed by atoms with E-state index in [1.54, 1.807) is 16.2 Å². The van der Waals surface area contributed by atoms with E-state index >= 15 is 0 Å². The Hall–Kier alpha value is -1.32. The van der Waals surface area contributed by atoms with Crippen LogP contribution in [-0.4, -0.2) is 17.9 Å². The lowest BCUT2D eigenvalue weighted by Crippen LogP contribution is -2.27. The van der Waals surface area contributed by atoms with Crippen LogP contribution in [0, 0.1) is 0 Å². The summed E-state index contributed by atoms with van der Waals surface area (Å²) in [5.41, 5.74) is 0.950. The Morgan fingerprint density at radius 3 is 2.83 bits per heavy atom. The molecule has 4 heteroatoms. The fraction of sp³-hybridized carbons (Fsp3) is 0.214. The lowest BCUT2D eigenvalue weighted by atomic mass is 10.1. The van der Waals surface area contributed by atoms with Gasteiger partial charge in [0.25, 0.3) is 0 Å². The number of halogens is 1. The molecule has 2 rings (SSSR count). The summed E-state index contributed by atoms with van der Waals surface area (Å²) >= 11 is 7.56. The third-order valence-electron chi connectivity index (χ3n) is 2.64. The number of carbonyl (C=O) groups excluding carboxylic acids is 1. The SMILES string of the molecule is CN(Cc1cccs1)C(=O)Cc1cccc(Cl)c1. The molecular weight excluding hydrogens is 266 g/mol. The number of hydrogen-bond donors (Lipinski definition) is 0. The first-order valence-corrected chi connectivity index (χ1v) is 6.91. The quantitative estimate of drug-likeness (QED) is 0.837. The Kier molecular flexibility index (Phi) is 4.39. The topological polar surface area (TPSA) is 20.3 Å². The summed E-state index contributed by atoms with van der Waals surface area (Å²) in [5.74, 6) is 0.102. The van der Waals surface area contributed by atoms with Crippen molar-refractivity contribution in [3.63, 3.8) is 0 Å². The van der Waals surface area contributed by atoms with Crippen molar-refractivity contribution in [2.75, 3.05) is 7.05 Å². The molecule has 0 spiro atoms. The maximum atomic E-state index is 12.0. The standard InChI is InChI=1S/C14H14ClNOS/c1-16(10-13-6-3-7-18-13)14(17)9-11-4-2-5-12(15)8-11/h2-8H,9-10H2,1H3. The number of likely N-dealkylation sites (N-methyl/N-ethyl adjacent to an activating group) is 1. The van der Waals surface area contributed by atoms with Crippen LogP contribution in [-0.2, 0) is 17.8 Å². The van der Waals surface area contributed by atoms with Crippen LogP contribution in [0.25, 0.3) is 0 Å². The largest absolute Gasteiger partial charge is 0.340 e. The van der Waals surface area contributed by atoms with Crippen LogP contribution < -0.4 is 0 Å². The van der Waals surface area contributed by atoms with Gasteiger partial charge in [-0.25, -0.2) is 0 Å². The van der Waals surface area contributed by atoms with Crippen LogP contribution in [0.15, 0.2) is 41.8 Å². The van der Waals surface area contributed by atoms with Gasteiger partial charge in [0.15, 0.2) is 0 Å². The van der Waals surface area contributed by atoms with Crippen molar-refractivity contribution in [1.82, 2.24) is 4.90 Å². The van der Waals surface area contributed by atoms with Gasteiger partial charge in [-0.15, -0.1) is 11.3 Å². The highest BCUT2D eigenvalue weighted by atomic mass is 35.5. The van der Waals surface area contributed by atoms with Crippen LogP contribution >= 0.6 is 22.9 Å². The Labute approximate surface area is 116 Å². The van der Waals surface area contributed by atoms with Gasteiger partial charge in [-0.05, 0) is 29.1 Å². The van der Waals surface area contributed by atoms with E-state index in [-0.39, 0.29) is 5.91 Å². The van der Waals surface area contributed by atoms with Crippen LogP contribution in [0.5, 0.6) is 0 Å². The fourth-order valence-electron chi connectivity index (χ4n) is 1.68. The molecule has 0 aliphatic heterocycles. The molecule has 1 amide bonds. The predicted octanol–water partition coefficient (Wildman–Crippen LogP) is 3.60. The summed E-state index contributed by atoms with van der Waals surface area (Å²) in [4.78, 5) is 15.0. The van der Waals surface area contributed by atoms with Crippen LogP contribution in [0.4, 0.5) is 0 Å². The van der Waals surface area contributed by atoms with E-state index in [0.717, 1.165) is 5.56 Å². The second kappa shape index (κ2) is 6.03. The minimum absolute atomic E-state index is 0.102. The number of benzene rings is 1.